The summed E-state index contributed by atoms with van der Waals surface area (Å²) in [4.78, 5) is 4.71. The summed E-state index contributed by atoms with van der Waals surface area (Å²) in [6.07, 6.45) is 6.31. The predicted molar refractivity (Wildman–Crippen MR) is 124 cm³/mol. The molecule has 2 N–H and O–H groups in total. The second kappa shape index (κ2) is 11.3. The Labute approximate surface area is 182 Å². The van der Waals surface area contributed by atoms with Gasteiger partial charge in [-0.05, 0) is 12.1 Å². The Balaban J connectivity index is 0.00000280. The van der Waals surface area contributed by atoms with Gasteiger partial charge in [-0.3, -0.25) is 4.68 Å². The van der Waals surface area contributed by atoms with Gasteiger partial charge in [-0.2, -0.15) is 5.10 Å². The molecule has 3 rings (SSSR count). The number of nitrogens with one attached hydrogen (secondary N) is 2. The fraction of sp³-hybridized carbons (Fsp3) is 0.238. The molecule has 6 nitrogen and oxygen atoms in total. The van der Waals surface area contributed by atoms with Gasteiger partial charge in [0.2, 0.25) is 0 Å². The van der Waals surface area contributed by atoms with E-state index in [1.807, 2.05) is 54.3 Å². The molecule has 0 aliphatic heterocycles. The number of aryl methyl sites for hydroxylation is 1. The number of hydrogen-bond acceptors (Lipinski definition) is 3. The zero-order valence-corrected chi connectivity index (χ0v) is 18.3. The molecule has 0 aliphatic carbocycles. The third-order valence-electron chi connectivity index (χ3n) is 4.02. The quantitative estimate of drug-likeness (QED) is 0.218. The third-order valence-corrected chi connectivity index (χ3v) is 4.02. The van der Waals surface area contributed by atoms with E-state index >= 15 is 0 Å². The average Bonchev–Trinajstić information content (AvgIpc) is 3.33. The molecule has 3 aromatic rings. The van der Waals surface area contributed by atoms with Gasteiger partial charge in [0, 0.05) is 43.9 Å². The van der Waals surface area contributed by atoms with Crippen molar-refractivity contribution in [3.8, 4) is 11.3 Å². The highest BCUT2D eigenvalue weighted by Crippen LogP contribution is 2.22. The normalized spacial score (nSPS) is 11.0. The Morgan fingerprint density at radius 2 is 2.04 bits per heavy atom. The highest BCUT2D eigenvalue weighted by molar-refractivity contribution is 14.0. The maximum atomic E-state index is 5.37. The summed E-state index contributed by atoms with van der Waals surface area (Å²) < 4.78 is 7.19. The van der Waals surface area contributed by atoms with Crippen LogP contribution in [0.25, 0.3) is 11.3 Å². The lowest BCUT2D eigenvalue weighted by Crippen LogP contribution is -2.38. The van der Waals surface area contributed by atoms with Gasteiger partial charge in [0.05, 0.1) is 18.5 Å². The molecular weight excluding hydrogens is 465 g/mol. The van der Waals surface area contributed by atoms with Gasteiger partial charge in [0.1, 0.15) is 5.76 Å². The standard InChI is InChI=1S/C21H25N5O.HI/c1-3-12-22-21(23-13-11-19-10-7-14-27-19)24-15-18-16-26(2)25-20(18)17-8-5-4-6-9-17;/h3-10,14,16H,1,11-13,15H2,2H3,(H2,22,23,24);1H. The number of furan rings is 1. The molecule has 0 amide bonds. The monoisotopic (exact) mass is 491 g/mol. The summed E-state index contributed by atoms with van der Waals surface area (Å²) in [6.45, 7) is 5.66. The van der Waals surface area contributed by atoms with Gasteiger partial charge in [-0.1, -0.05) is 36.4 Å². The predicted octanol–water partition coefficient (Wildman–Crippen LogP) is 3.76. The van der Waals surface area contributed by atoms with Gasteiger partial charge < -0.3 is 15.1 Å². The van der Waals surface area contributed by atoms with E-state index in [0.29, 0.717) is 13.1 Å². The van der Waals surface area contributed by atoms with E-state index in [1.165, 1.54) is 0 Å². The van der Waals surface area contributed by atoms with Crippen molar-refractivity contribution in [2.75, 3.05) is 13.1 Å². The van der Waals surface area contributed by atoms with E-state index in [-0.39, 0.29) is 24.0 Å². The van der Waals surface area contributed by atoms with Crippen molar-refractivity contribution in [1.82, 2.24) is 20.4 Å². The van der Waals surface area contributed by atoms with Gasteiger partial charge in [0.25, 0.3) is 0 Å². The molecule has 0 spiro atoms. The van der Waals surface area contributed by atoms with Gasteiger partial charge in [-0.25, -0.2) is 4.99 Å². The minimum Gasteiger partial charge on any atom is -0.469 e. The van der Waals surface area contributed by atoms with Crippen molar-refractivity contribution in [3.63, 3.8) is 0 Å². The average molecular weight is 491 g/mol. The van der Waals surface area contributed by atoms with Gasteiger partial charge in [-0.15, -0.1) is 30.6 Å². The Kier molecular flexibility index (Phi) is 8.80. The van der Waals surface area contributed by atoms with Gasteiger partial charge in [0.15, 0.2) is 5.96 Å². The van der Waals surface area contributed by atoms with Crippen LogP contribution < -0.4 is 10.6 Å². The van der Waals surface area contributed by atoms with Crippen LogP contribution in [-0.4, -0.2) is 28.8 Å². The second-order valence-corrected chi connectivity index (χ2v) is 6.13. The Bertz CT molecular complexity index is 872. The lowest BCUT2D eigenvalue weighted by atomic mass is 10.1. The van der Waals surface area contributed by atoms with Crippen molar-refractivity contribution in [3.05, 3.63) is 78.9 Å². The van der Waals surface area contributed by atoms with E-state index in [9.17, 15) is 0 Å². The molecule has 148 valence electrons. The number of nitrogens with zero attached hydrogens (tertiary/aromatic N) is 3. The highest BCUT2D eigenvalue weighted by Gasteiger charge is 2.10. The number of halogens is 1. The SMILES string of the molecule is C=CCNC(=NCc1cn(C)nc1-c1ccccc1)NCCc1ccco1.I. The van der Waals surface area contributed by atoms with E-state index < -0.39 is 0 Å². The molecular formula is C21H26IN5O. The first-order valence-electron chi connectivity index (χ1n) is 8.99. The van der Waals surface area contributed by atoms with Crippen molar-refractivity contribution < 1.29 is 4.42 Å². The first kappa shape index (κ1) is 21.7. The molecule has 0 saturated carbocycles. The summed E-state index contributed by atoms with van der Waals surface area (Å²) >= 11 is 0. The minimum atomic E-state index is 0. The van der Waals surface area contributed by atoms with Crippen molar-refractivity contribution >= 4 is 29.9 Å². The van der Waals surface area contributed by atoms with Crippen LogP contribution in [0.3, 0.4) is 0 Å². The first-order valence-corrected chi connectivity index (χ1v) is 8.99. The summed E-state index contributed by atoms with van der Waals surface area (Å²) in [5, 5.41) is 11.2. The summed E-state index contributed by atoms with van der Waals surface area (Å²) in [5.74, 6) is 1.69. The van der Waals surface area contributed by atoms with Crippen LogP contribution in [0.4, 0.5) is 0 Å². The highest BCUT2D eigenvalue weighted by atomic mass is 127. The number of hydrogen-bond donors (Lipinski definition) is 2. The van der Waals surface area contributed by atoms with Crippen LogP contribution in [0, 0.1) is 0 Å². The Morgan fingerprint density at radius 1 is 1.21 bits per heavy atom. The number of rotatable bonds is 8. The molecule has 7 heteroatoms. The minimum absolute atomic E-state index is 0. The van der Waals surface area contributed by atoms with Crippen molar-refractivity contribution in [2.24, 2.45) is 12.0 Å². The molecule has 0 fully saturated rings. The van der Waals surface area contributed by atoms with Crippen molar-refractivity contribution in [1.29, 1.82) is 0 Å². The number of guanidine groups is 1. The third kappa shape index (κ3) is 6.26. The van der Waals surface area contributed by atoms with Gasteiger partial charge >= 0.3 is 0 Å². The van der Waals surface area contributed by atoms with E-state index in [4.69, 9.17) is 9.41 Å². The summed E-state index contributed by atoms with van der Waals surface area (Å²) in [7, 11) is 1.93. The zero-order chi connectivity index (χ0) is 18.9. The maximum Gasteiger partial charge on any atom is 0.191 e. The number of aliphatic imine (C=N–C) groups is 1. The van der Waals surface area contributed by atoms with Crippen LogP contribution in [0.2, 0.25) is 0 Å². The zero-order valence-electron chi connectivity index (χ0n) is 16.0. The van der Waals surface area contributed by atoms with E-state index in [1.54, 1.807) is 6.26 Å². The topological polar surface area (TPSA) is 67.4 Å². The molecule has 28 heavy (non-hydrogen) atoms. The largest absolute Gasteiger partial charge is 0.469 e. The van der Waals surface area contributed by atoms with E-state index in [0.717, 1.165) is 41.5 Å². The van der Waals surface area contributed by atoms with Crippen LogP contribution >= 0.6 is 24.0 Å². The maximum absolute atomic E-state index is 5.37. The molecule has 0 atom stereocenters. The summed E-state index contributed by atoms with van der Waals surface area (Å²) in [6, 6.07) is 14.0. The first-order chi connectivity index (χ1) is 13.3. The molecule has 1 aromatic carbocycles. The second-order valence-electron chi connectivity index (χ2n) is 6.13. The molecule has 0 radical (unpaired) electrons. The van der Waals surface area contributed by atoms with Crippen LogP contribution in [0.5, 0.6) is 0 Å². The lowest BCUT2D eigenvalue weighted by Gasteiger charge is -2.11. The fourth-order valence-electron chi connectivity index (χ4n) is 2.76. The Hall–Kier alpha value is -2.55. The molecule has 0 unspecified atom stereocenters. The molecule has 0 aliphatic rings. The summed E-state index contributed by atoms with van der Waals surface area (Å²) in [5.41, 5.74) is 3.13. The number of benzene rings is 1. The van der Waals surface area contributed by atoms with Crippen LogP contribution in [0.1, 0.15) is 11.3 Å². The van der Waals surface area contributed by atoms with Crippen molar-refractivity contribution in [2.45, 2.75) is 13.0 Å². The lowest BCUT2D eigenvalue weighted by molar-refractivity contribution is 0.507. The molecule has 0 saturated heterocycles. The number of aromatic nitrogens is 2. The molecule has 2 aromatic heterocycles. The fourth-order valence-corrected chi connectivity index (χ4v) is 2.76. The smallest absolute Gasteiger partial charge is 0.191 e. The van der Waals surface area contributed by atoms with E-state index in [2.05, 4.69) is 34.4 Å². The Morgan fingerprint density at radius 3 is 2.75 bits per heavy atom. The van der Waals surface area contributed by atoms with Crippen LogP contribution in [-0.2, 0) is 20.0 Å². The molecule has 2 heterocycles. The molecule has 0 bridgehead atoms. The van der Waals surface area contributed by atoms with Crippen LogP contribution in [0.15, 0.2) is 77.0 Å².